The summed E-state index contributed by atoms with van der Waals surface area (Å²) in [6.45, 7) is 4.05. The summed E-state index contributed by atoms with van der Waals surface area (Å²) in [4.78, 5) is 12.5. The van der Waals surface area contributed by atoms with Crippen molar-refractivity contribution in [3.05, 3.63) is 65.7 Å². The monoisotopic (exact) mass is 444 g/mol. The first-order chi connectivity index (χ1) is 15.0. The maximum atomic E-state index is 12.7. The molecule has 1 saturated heterocycles. The van der Waals surface area contributed by atoms with Gasteiger partial charge in [-0.05, 0) is 55.9 Å². The molecule has 0 radical (unpaired) electrons. The van der Waals surface area contributed by atoms with Crippen molar-refractivity contribution in [1.82, 2.24) is 9.62 Å². The smallest absolute Gasteiger partial charge is 0.223 e. The van der Waals surface area contributed by atoms with Gasteiger partial charge in [-0.25, -0.2) is 12.7 Å². The van der Waals surface area contributed by atoms with Crippen LogP contribution in [-0.2, 0) is 27.0 Å². The largest absolute Gasteiger partial charge is 0.494 e. The van der Waals surface area contributed by atoms with Crippen LogP contribution in [0.2, 0.25) is 0 Å². The first kappa shape index (κ1) is 23.3. The summed E-state index contributed by atoms with van der Waals surface area (Å²) >= 11 is 0. The fraction of sp³-hybridized carbons (Fsp3) is 0.458. The third-order valence-corrected chi connectivity index (χ3v) is 7.44. The summed E-state index contributed by atoms with van der Waals surface area (Å²) in [5, 5.41) is 3.02. The molecular formula is C24H32N2O4S. The molecule has 0 spiro atoms. The van der Waals surface area contributed by atoms with Gasteiger partial charge in [-0.3, -0.25) is 4.79 Å². The standard InChI is InChI=1S/C24H32N2O4S/c1-2-30-23-12-10-20(11-13-23)9-6-16-25-24(27)22-14-17-26(18-15-22)31(28,29)19-21-7-4-3-5-8-21/h3-5,7-8,10-13,22H,2,6,9,14-19H2,1H3,(H,25,27). The Labute approximate surface area is 185 Å². The van der Waals surface area contributed by atoms with Gasteiger partial charge >= 0.3 is 0 Å². The second kappa shape index (κ2) is 11.3. The molecule has 0 unspecified atom stereocenters. The zero-order valence-electron chi connectivity index (χ0n) is 18.1. The van der Waals surface area contributed by atoms with Crippen LogP contribution >= 0.6 is 0 Å². The van der Waals surface area contributed by atoms with Gasteiger partial charge in [0.25, 0.3) is 0 Å². The highest BCUT2D eigenvalue weighted by molar-refractivity contribution is 7.88. The Balaban J connectivity index is 1.37. The van der Waals surface area contributed by atoms with Crippen molar-refractivity contribution >= 4 is 15.9 Å². The average molecular weight is 445 g/mol. The van der Waals surface area contributed by atoms with Crippen molar-refractivity contribution in [3.63, 3.8) is 0 Å². The molecule has 168 valence electrons. The molecule has 0 saturated carbocycles. The van der Waals surface area contributed by atoms with Crippen LogP contribution in [0.15, 0.2) is 54.6 Å². The van der Waals surface area contributed by atoms with Crippen molar-refractivity contribution in [2.45, 2.75) is 38.4 Å². The van der Waals surface area contributed by atoms with Crippen molar-refractivity contribution in [2.75, 3.05) is 26.2 Å². The number of nitrogens with zero attached hydrogens (tertiary/aromatic N) is 1. The predicted octanol–water partition coefficient (Wildman–Crippen LogP) is 3.38. The molecule has 2 aromatic rings. The molecule has 0 aliphatic carbocycles. The molecule has 1 aliphatic heterocycles. The zero-order chi connectivity index (χ0) is 22.1. The fourth-order valence-corrected chi connectivity index (χ4v) is 5.40. The van der Waals surface area contributed by atoms with Crippen LogP contribution in [0.1, 0.15) is 37.3 Å². The summed E-state index contributed by atoms with van der Waals surface area (Å²) in [6.07, 6.45) is 2.89. The van der Waals surface area contributed by atoms with Gasteiger partial charge in [0.15, 0.2) is 0 Å². The number of carbonyl (C=O) groups is 1. The van der Waals surface area contributed by atoms with Crippen LogP contribution in [0.5, 0.6) is 5.75 Å². The molecule has 1 heterocycles. The molecule has 3 rings (SSSR count). The lowest BCUT2D eigenvalue weighted by Crippen LogP contribution is -2.43. The van der Waals surface area contributed by atoms with E-state index in [1.165, 1.54) is 9.87 Å². The fourth-order valence-electron chi connectivity index (χ4n) is 3.84. The Hall–Kier alpha value is -2.38. The first-order valence-electron chi connectivity index (χ1n) is 11.0. The molecule has 31 heavy (non-hydrogen) atoms. The van der Waals surface area contributed by atoms with E-state index in [0.29, 0.717) is 39.1 Å². The molecule has 0 aromatic heterocycles. The third-order valence-electron chi connectivity index (χ3n) is 5.59. The Morgan fingerprint density at radius 1 is 1.03 bits per heavy atom. The number of amides is 1. The number of hydrogen-bond acceptors (Lipinski definition) is 4. The number of nitrogens with one attached hydrogen (secondary N) is 1. The minimum absolute atomic E-state index is 0.0102. The number of ether oxygens (including phenoxy) is 1. The van der Waals surface area contributed by atoms with E-state index in [4.69, 9.17) is 4.74 Å². The van der Waals surface area contributed by atoms with E-state index in [-0.39, 0.29) is 17.6 Å². The maximum Gasteiger partial charge on any atom is 0.223 e. The van der Waals surface area contributed by atoms with Crippen molar-refractivity contribution in [1.29, 1.82) is 0 Å². The molecule has 1 aliphatic rings. The van der Waals surface area contributed by atoms with Gasteiger partial charge < -0.3 is 10.1 Å². The van der Waals surface area contributed by atoms with Crippen LogP contribution in [0.25, 0.3) is 0 Å². The average Bonchev–Trinajstić information content (AvgIpc) is 2.78. The lowest BCUT2D eigenvalue weighted by molar-refractivity contribution is -0.126. The number of hydrogen-bond donors (Lipinski definition) is 1. The van der Waals surface area contributed by atoms with Crippen molar-refractivity contribution in [2.24, 2.45) is 5.92 Å². The normalized spacial score (nSPS) is 15.5. The number of piperidine rings is 1. The Morgan fingerprint density at radius 3 is 2.35 bits per heavy atom. The van der Waals surface area contributed by atoms with Crippen LogP contribution in [0.4, 0.5) is 0 Å². The summed E-state index contributed by atoms with van der Waals surface area (Å²) in [5.41, 5.74) is 2.00. The van der Waals surface area contributed by atoms with Crippen molar-refractivity contribution in [3.8, 4) is 5.75 Å². The maximum absolute atomic E-state index is 12.7. The van der Waals surface area contributed by atoms with Gasteiger partial charge in [0.2, 0.25) is 15.9 Å². The Bertz CT molecular complexity index is 922. The summed E-state index contributed by atoms with van der Waals surface area (Å²) in [7, 11) is -3.35. The number of carbonyl (C=O) groups excluding carboxylic acids is 1. The topological polar surface area (TPSA) is 75.7 Å². The lowest BCUT2D eigenvalue weighted by atomic mass is 9.97. The third kappa shape index (κ3) is 7.08. The molecule has 7 heteroatoms. The van der Waals surface area contributed by atoms with Gasteiger partial charge in [-0.1, -0.05) is 42.5 Å². The highest BCUT2D eigenvalue weighted by Gasteiger charge is 2.30. The molecule has 0 bridgehead atoms. The predicted molar refractivity (Wildman–Crippen MR) is 122 cm³/mol. The van der Waals surface area contributed by atoms with Crippen LogP contribution in [0, 0.1) is 5.92 Å². The lowest BCUT2D eigenvalue weighted by Gasteiger charge is -2.30. The number of aryl methyl sites for hydroxylation is 1. The van der Waals surface area contributed by atoms with E-state index in [2.05, 4.69) is 17.4 Å². The van der Waals surface area contributed by atoms with Crippen LogP contribution < -0.4 is 10.1 Å². The SMILES string of the molecule is CCOc1ccc(CCCNC(=O)C2CCN(S(=O)(=O)Cc3ccccc3)CC2)cc1. The zero-order valence-corrected chi connectivity index (χ0v) is 18.9. The van der Waals surface area contributed by atoms with Crippen molar-refractivity contribution < 1.29 is 17.9 Å². The van der Waals surface area contributed by atoms with Crippen LogP contribution in [0.3, 0.4) is 0 Å². The highest BCUT2D eigenvalue weighted by Crippen LogP contribution is 2.22. The van der Waals surface area contributed by atoms with Gasteiger partial charge in [-0.15, -0.1) is 0 Å². The van der Waals surface area contributed by atoms with E-state index in [9.17, 15) is 13.2 Å². The van der Waals surface area contributed by atoms with E-state index in [1.54, 1.807) is 0 Å². The molecule has 1 amide bonds. The van der Waals surface area contributed by atoms with E-state index in [1.807, 2.05) is 49.4 Å². The minimum atomic E-state index is -3.35. The number of rotatable bonds is 10. The van der Waals surface area contributed by atoms with E-state index in [0.717, 1.165) is 24.2 Å². The first-order valence-corrected chi connectivity index (χ1v) is 12.6. The number of benzene rings is 2. The molecule has 1 fully saturated rings. The van der Waals surface area contributed by atoms with E-state index >= 15 is 0 Å². The summed E-state index contributed by atoms with van der Waals surface area (Å²) in [5.74, 6) is 0.799. The van der Waals surface area contributed by atoms with Gasteiger partial charge in [-0.2, -0.15) is 0 Å². The molecular weight excluding hydrogens is 412 g/mol. The molecule has 1 N–H and O–H groups in total. The Morgan fingerprint density at radius 2 is 1.71 bits per heavy atom. The summed E-state index contributed by atoms with van der Waals surface area (Å²) < 4.78 is 32.3. The number of sulfonamides is 1. The minimum Gasteiger partial charge on any atom is -0.494 e. The molecule has 6 nitrogen and oxygen atoms in total. The molecule has 0 atom stereocenters. The quantitative estimate of drug-likeness (QED) is 0.570. The summed E-state index contributed by atoms with van der Waals surface area (Å²) in [6, 6.07) is 17.3. The molecule has 2 aromatic carbocycles. The second-order valence-electron chi connectivity index (χ2n) is 7.89. The van der Waals surface area contributed by atoms with Gasteiger partial charge in [0.1, 0.15) is 5.75 Å². The second-order valence-corrected chi connectivity index (χ2v) is 9.86. The Kier molecular flexibility index (Phi) is 8.49. The van der Waals surface area contributed by atoms with E-state index < -0.39 is 10.0 Å². The van der Waals surface area contributed by atoms with Gasteiger partial charge in [0.05, 0.1) is 12.4 Å². The highest BCUT2D eigenvalue weighted by atomic mass is 32.2. The van der Waals surface area contributed by atoms with Gasteiger partial charge in [0, 0.05) is 25.6 Å². The van der Waals surface area contributed by atoms with Crippen LogP contribution in [-0.4, -0.2) is 44.9 Å².